The van der Waals surface area contributed by atoms with Crippen LogP contribution < -0.4 is 34.0 Å². The van der Waals surface area contributed by atoms with E-state index in [1.54, 1.807) is 26.5 Å². The van der Waals surface area contributed by atoms with Crippen molar-refractivity contribution in [1.29, 1.82) is 0 Å². The van der Waals surface area contributed by atoms with Crippen LogP contribution in [0, 0.1) is 17.3 Å². The summed E-state index contributed by atoms with van der Waals surface area (Å²) in [6.07, 6.45) is 11.3. The Morgan fingerprint density at radius 2 is 1.78 bits per heavy atom. The maximum Gasteiger partial charge on any atom is -1.00 e. The molecule has 0 heterocycles. The molecule has 3 rings (SSSR count). The first kappa shape index (κ1) is 21.8. The molecule has 2 atom stereocenters. The SMILES string of the molecule is CC1=C(C)C(C)(C)[C]([Hf+2][CH2]C2CCC3CC=CC=C32)=C1C.[Br-].[Br-]. The fourth-order valence-electron chi connectivity index (χ4n) is 4.41. The standard InChI is InChI=1S/C10H13.C10H15.2BrH.Hf/c1-8-6-7-9-4-2-3-5-10(8)9;1-7-6-10(4,5)9(3)8(7)2;;;/h2-3,5,8-9H,1,4,6-7H2;1-5H3;2*1H;/q;;;;+2/p-2. The number of allylic oxidation sites excluding steroid dienone is 8. The molecule has 1 saturated carbocycles. The number of rotatable bonds is 3. The van der Waals surface area contributed by atoms with Gasteiger partial charge < -0.3 is 34.0 Å². The molecule has 0 saturated heterocycles. The summed E-state index contributed by atoms with van der Waals surface area (Å²) in [4.78, 5) is 0. The second-order valence-electron chi connectivity index (χ2n) is 7.56. The summed E-state index contributed by atoms with van der Waals surface area (Å²) in [7, 11) is 0. The van der Waals surface area contributed by atoms with Crippen molar-refractivity contribution in [2.45, 2.75) is 58.1 Å². The molecule has 0 N–H and O–H groups in total. The largest absolute Gasteiger partial charge is 1.00 e. The number of halogens is 2. The first-order chi connectivity index (χ1) is 9.93. The average molecular weight is 607 g/mol. The summed E-state index contributed by atoms with van der Waals surface area (Å²) in [5.74, 6) is 1.83. The van der Waals surface area contributed by atoms with Crippen LogP contribution in [0.25, 0.3) is 0 Å². The molecule has 0 bridgehead atoms. The molecular weight excluding hydrogens is 579 g/mol. The van der Waals surface area contributed by atoms with E-state index in [0.717, 1.165) is 11.8 Å². The van der Waals surface area contributed by atoms with Crippen molar-refractivity contribution in [2.24, 2.45) is 17.3 Å². The van der Waals surface area contributed by atoms with Crippen LogP contribution in [0.2, 0.25) is 4.18 Å². The second-order valence-corrected chi connectivity index (χ2v) is 12.1. The van der Waals surface area contributed by atoms with Gasteiger partial charge in [0.2, 0.25) is 0 Å². The molecule has 3 aliphatic rings. The molecule has 0 aromatic rings. The Bertz CT molecular complexity index is 578. The summed E-state index contributed by atoms with van der Waals surface area (Å²) in [6, 6.07) is 0. The zero-order valence-corrected chi connectivity index (χ0v) is 21.7. The van der Waals surface area contributed by atoms with E-state index >= 15 is 0 Å². The first-order valence-corrected chi connectivity index (χ1v) is 12.8. The Morgan fingerprint density at radius 1 is 1.09 bits per heavy atom. The monoisotopic (exact) mass is 606 g/mol. The van der Waals surface area contributed by atoms with Gasteiger partial charge in [0.15, 0.2) is 0 Å². The molecular formula is C20H28Br2Hf. The van der Waals surface area contributed by atoms with Crippen LogP contribution in [0.3, 0.4) is 0 Å². The Morgan fingerprint density at radius 3 is 2.39 bits per heavy atom. The zero-order valence-electron chi connectivity index (χ0n) is 15.0. The van der Waals surface area contributed by atoms with Gasteiger partial charge in [-0.2, -0.15) is 0 Å². The van der Waals surface area contributed by atoms with Crippen molar-refractivity contribution in [3.63, 3.8) is 0 Å². The van der Waals surface area contributed by atoms with Gasteiger partial charge in [-0.3, -0.25) is 0 Å². The van der Waals surface area contributed by atoms with Gasteiger partial charge in [-0.05, 0) is 0 Å². The van der Waals surface area contributed by atoms with Crippen LogP contribution in [0.15, 0.2) is 43.9 Å². The molecule has 3 aliphatic carbocycles. The fourth-order valence-corrected chi connectivity index (χ4v) is 11.5. The summed E-state index contributed by atoms with van der Waals surface area (Å²) in [5, 5.41) is 0. The molecule has 3 heteroatoms. The van der Waals surface area contributed by atoms with Gasteiger partial charge in [0.1, 0.15) is 0 Å². The molecule has 0 aromatic heterocycles. The van der Waals surface area contributed by atoms with Gasteiger partial charge in [0.25, 0.3) is 0 Å². The van der Waals surface area contributed by atoms with Crippen molar-refractivity contribution >= 4 is 0 Å². The summed E-state index contributed by atoms with van der Waals surface area (Å²) in [6.45, 7) is 12.0. The molecule has 1 fully saturated rings. The maximum absolute atomic E-state index is 2.46. The molecule has 0 aliphatic heterocycles. The van der Waals surface area contributed by atoms with E-state index in [2.05, 4.69) is 52.8 Å². The summed E-state index contributed by atoms with van der Waals surface area (Å²) in [5.41, 5.74) is 7.06. The molecule has 0 radical (unpaired) electrons. The van der Waals surface area contributed by atoms with E-state index in [-0.39, 0.29) is 34.0 Å². The van der Waals surface area contributed by atoms with Crippen LogP contribution in [-0.4, -0.2) is 0 Å². The van der Waals surface area contributed by atoms with Gasteiger partial charge in [-0.25, -0.2) is 0 Å². The minimum Gasteiger partial charge on any atom is -1.00 e. The fraction of sp³-hybridized carbons (Fsp3) is 0.600. The Hall–Kier alpha value is 0.790. The van der Waals surface area contributed by atoms with Crippen molar-refractivity contribution in [3.8, 4) is 0 Å². The van der Waals surface area contributed by atoms with Crippen molar-refractivity contribution < 1.29 is 56.9 Å². The Balaban J connectivity index is 0.00000132. The van der Waals surface area contributed by atoms with Gasteiger partial charge in [-0.15, -0.1) is 0 Å². The quantitative estimate of drug-likeness (QED) is 0.399. The number of hydrogen-bond acceptors (Lipinski definition) is 0. The molecule has 0 spiro atoms. The van der Waals surface area contributed by atoms with E-state index in [9.17, 15) is 0 Å². The van der Waals surface area contributed by atoms with Crippen LogP contribution in [0.1, 0.15) is 53.9 Å². The molecule has 126 valence electrons. The maximum atomic E-state index is 2.46. The van der Waals surface area contributed by atoms with E-state index in [1.807, 2.05) is 3.33 Å². The molecule has 0 nitrogen and oxygen atoms in total. The predicted octanol–water partition coefficient (Wildman–Crippen LogP) is 0.0579. The Kier molecular flexibility index (Phi) is 8.02. The second kappa shape index (κ2) is 8.45. The van der Waals surface area contributed by atoms with Crippen molar-refractivity contribution in [2.75, 3.05) is 0 Å². The third-order valence-electron chi connectivity index (χ3n) is 6.24. The smallest absolute Gasteiger partial charge is 1.00 e. The first-order valence-electron chi connectivity index (χ1n) is 8.43. The minimum absolute atomic E-state index is 0. The third kappa shape index (κ3) is 3.97. The molecule has 0 aromatic carbocycles. The van der Waals surface area contributed by atoms with Crippen LogP contribution in [0.4, 0.5) is 0 Å². The van der Waals surface area contributed by atoms with Gasteiger partial charge in [0, 0.05) is 0 Å². The summed E-state index contributed by atoms with van der Waals surface area (Å²) < 4.78 is 3.44. The summed E-state index contributed by atoms with van der Waals surface area (Å²) >= 11 is -0.697. The van der Waals surface area contributed by atoms with Gasteiger partial charge in [0.05, 0.1) is 0 Å². The Labute approximate surface area is 174 Å². The molecule has 2 unspecified atom stereocenters. The van der Waals surface area contributed by atoms with E-state index < -0.39 is 22.9 Å². The van der Waals surface area contributed by atoms with Crippen LogP contribution in [-0.2, 0) is 22.9 Å². The third-order valence-corrected chi connectivity index (χ3v) is 13.6. The van der Waals surface area contributed by atoms with E-state index in [0.29, 0.717) is 5.41 Å². The van der Waals surface area contributed by atoms with Crippen molar-refractivity contribution in [1.82, 2.24) is 0 Å². The van der Waals surface area contributed by atoms with Gasteiger partial charge >= 0.3 is 142 Å². The van der Waals surface area contributed by atoms with Crippen molar-refractivity contribution in [3.05, 3.63) is 43.9 Å². The minimum atomic E-state index is -0.697. The molecule has 23 heavy (non-hydrogen) atoms. The topological polar surface area (TPSA) is 0 Å². The predicted molar refractivity (Wildman–Crippen MR) is 87.7 cm³/mol. The number of hydrogen-bond donors (Lipinski definition) is 0. The van der Waals surface area contributed by atoms with Gasteiger partial charge in [-0.1, -0.05) is 0 Å². The van der Waals surface area contributed by atoms with Crippen LogP contribution >= 0.6 is 0 Å². The average Bonchev–Trinajstić information content (AvgIpc) is 2.93. The zero-order chi connectivity index (χ0) is 15.2. The molecule has 0 amide bonds. The number of fused-ring (bicyclic) bond motifs is 1. The van der Waals surface area contributed by atoms with E-state index in [1.165, 1.54) is 19.3 Å². The normalized spacial score (nSPS) is 28.0. The van der Waals surface area contributed by atoms with Crippen LogP contribution in [0.5, 0.6) is 0 Å². The van der Waals surface area contributed by atoms with E-state index in [4.69, 9.17) is 0 Å².